The van der Waals surface area contributed by atoms with E-state index in [-0.39, 0.29) is 0 Å². The van der Waals surface area contributed by atoms with E-state index in [1.54, 1.807) is 0 Å². The maximum absolute atomic E-state index is 2.63. The Morgan fingerprint density at radius 1 is 1.18 bits per heavy atom. The van der Waals surface area contributed by atoms with Crippen molar-refractivity contribution in [2.24, 2.45) is 11.3 Å². The molecule has 0 heterocycles. The molecule has 0 nitrogen and oxygen atoms in total. The molecule has 1 heteroatoms. The first kappa shape index (κ1) is 9.82. The fourth-order valence-corrected chi connectivity index (χ4v) is 2.46. The van der Waals surface area contributed by atoms with E-state index in [9.17, 15) is 0 Å². The average Bonchev–Trinajstić information content (AvgIpc) is 1.81. The molecule has 1 saturated carbocycles. The Morgan fingerprint density at radius 3 is 2.09 bits per heavy atom. The zero-order valence-corrected chi connectivity index (χ0v) is 10.2. The molecule has 1 aliphatic carbocycles. The second kappa shape index (κ2) is 2.90. The molecule has 2 atom stereocenters. The first-order valence-corrected chi connectivity index (χ1v) is 5.60. The van der Waals surface area contributed by atoms with E-state index in [4.69, 9.17) is 0 Å². The topological polar surface area (TPSA) is 0 Å². The lowest BCUT2D eigenvalue weighted by Gasteiger charge is -2.43. The van der Waals surface area contributed by atoms with Crippen LogP contribution in [0.15, 0.2) is 0 Å². The van der Waals surface area contributed by atoms with Crippen molar-refractivity contribution in [3.8, 4) is 0 Å². The normalized spacial score (nSPS) is 43.9. The molecular weight excluding hydrogens is 247 g/mol. The van der Waals surface area contributed by atoms with E-state index in [2.05, 4.69) is 50.3 Å². The summed E-state index contributed by atoms with van der Waals surface area (Å²) in [7, 11) is 0. The number of hydrogen-bond donors (Lipinski definition) is 0. The van der Waals surface area contributed by atoms with Crippen molar-refractivity contribution in [2.45, 2.75) is 50.4 Å². The fraction of sp³-hybridized carbons (Fsp3) is 1.00. The van der Waals surface area contributed by atoms with Crippen LogP contribution in [0.3, 0.4) is 0 Å². The van der Waals surface area contributed by atoms with Crippen LogP contribution >= 0.6 is 22.6 Å². The van der Waals surface area contributed by atoms with Gasteiger partial charge < -0.3 is 0 Å². The van der Waals surface area contributed by atoms with Gasteiger partial charge in [-0.05, 0) is 30.6 Å². The van der Waals surface area contributed by atoms with Crippen LogP contribution in [0.5, 0.6) is 0 Å². The summed E-state index contributed by atoms with van der Waals surface area (Å²) in [5.74, 6) is 0.881. The SMILES string of the molecule is CC1CC(C)(C)CCC1(C)I. The summed E-state index contributed by atoms with van der Waals surface area (Å²) < 4.78 is 0.563. The molecule has 1 rings (SSSR count). The first-order chi connectivity index (χ1) is 4.83. The molecule has 1 fully saturated rings. The summed E-state index contributed by atoms with van der Waals surface area (Å²) in [6.45, 7) is 9.59. The Hall–Kier alpha value is 0.730. The van der Waals surface area contributed by atoms with Gasteiger partial charge in [0.1, 0.15) is 0 Å². The molecule has 0 N–H and O–H groups in total. The molecule has 0 saturated heterocycles. The van der Waals surface area contributed by atoms with Gasteiger partial charge in [-0.1, -0.05) is 50.3 Å². The maximum atomic E-state index is 2.63. The summed E-state index contributed by atoms with van der Waals surface area (Å²) in [4.78, 5) is 0. The van der Waals surface area contributed by atoms with Crippen LogP contribution in [-0.4, -0.2) is 3.42 Å². The highest BCUT2D eigenvalue weighted by Crippen LogP contribution is 2.47. The van der Waals surface area contributed by atoms with Crippen molar-refractivity contribution in [2.75, 3.05) is 0 Å². The van der Waals surface area contributed by atoms with E-state index >= 15 is 0 Å². The van der Waals surface area contributed by atoms with E-state index in [0.29, 0.717) is 8.84 Å². The molecule has 11 heavy (non-hydrogen) atoms. The lowest BCUT2D eigenvalue weighted by atomic mass is 9.68. The molecular formula is C10H19I. The van der Waals surface area contributed by atoms with Gasteiger partial charge in [0.2, 0.25) is 0 Å². The highest BCUT2D eigenvalue weighted by molar-refractivity contribution is 14.1. The van der Waals surface area contributed by atoms with Crippen molar-refractivity contribution < 1.29 is 0 Å². The highest BCUT2D eigenvalue weighted by Gasteiger charge is 2.38. The average molecular weight is 266 g/mol. The second-order valence-electron chi connectivity index (χ2n) is 5.05. The Labute approximate surface area is 84.3 Å². The Morgan fingerprint density at radius 2 is 1.73 bits per heavy atom. The Bertz CT molecular complexity index is 147. The third-order valence-corrected chi connectivity index (χ3v) is 4.78. The molecule has 0 aromatic rings. The summed E-state index contributed by atoms with van der Waals surface area (Å²) in [5, 5.41) is 0. The van der Waals surface area contributed by atoms with E-state index < -0.39 is 0 Å². The van der Waals surface area contributed by atoms with Gasteiger partial charge in [-0.3, -0.25) is 0 Å². The van der Waals surface area contributed by atoms with Crippen LogP contribution in [-0.2, 0) is 0 Å². The monoisotopic (exact) mass is 266 g/mol. The van der Waals surface area contributed by atoms with Crippen molar-refractivity contribution in [3.05, 3.63) is 0 Å². The van der Waals surface area contributed by atoms with Crippen molar-refractivity contribution in [3.63, 3.8) is 0 Å². The van der Waals surface area contributed by atoms with Gasteiger partial charge in [0.15, 0.2) is 0 Å². The largest absolute Gasteiger partial charge is 0.0789 e. The molecule has 0 aromatic carbocycles. The zero-order valence-electron chi connectivity index (χ0n) is 8.08. The minimum Gasteiger partial charge on any atom is -0.0789 e. The molecule has 0 amide bonds. The van der Waals surface area contributed by atoms with Gasteiger partial charge in [-0.25, -0.2) is 0 Å². The molecule has 2 unspecified atom stereocenters. The van der Waals surface area contributed by atoms with Crippen molar-refractivity contribution in [1.29, 1.82) is 0 Å². The summed E-state index contributed by atoms with van der Waals surface area (Å²) in [6.07, 6.45) is 4.19. The molecule has 0 bridgehead atoms. The van der Waals surface area contributed by atoms with Crippen LogP contribution in [0, 0.1) is 11.3 Å². The minimum absolute atomic E-state index is 0.563. The van der Waals surface area contributed by atoms with Crippen LogP contribution in [0.2, 0.25) is 0 Å². The number of alkyl halides is 1. The molecule has 66 valence electrons. The van der Waals surface area contributed by atoms with Crippen molar-refractivity contribution in [1.82, 2.24) is 0 Å². The van der Waals surface area contributed by atoms with Gasteiger partial charge in [0, 0.05) is 3.42 Å². The Balaban J connectivity index is 2.63. The summed E-state index contributed by atoms with van der Waals surface area (Å²) in [5.41, 5.74) is 0.601. The van der Waals surface area contributed by atoms with Gasteiger partial charge >= 0.3 is 0 Å². The first-order valence-electron chi connectivity index (χ1n) is 4.52. The quantitative estimate of drug-likeness (QED) is 0.458. The van der Waals surface area contributed by atoms with Gasteiger partial charge in [0.05, 0.1) is 0 Å². The molecule has 0 radical (unpaired) electrons. The lowest BCUT2D eigenvalue weighted by Crippen LogP contribution is -2.36. The zero-order chi connectivity index (χ0) is 8.70. The van der Waals surface area contributed by atoms with E-state index in [0.717, 1.165) is 5.92 Å². The van der Waals surface area contributed by atoms with Gasteiger partial charge in [-0.2, -0.15) is 0 Å². The van der Waals surface area contributed by atoms with Gasteiger partial charge in [-0.15, -0.1) is 0 Å². The summed E-state index contributed by atoms with van der Waals surface area (Å²) >= 11 is 2.63. The second-order valence-corrected chi connectivity index (χ2v) is 7.51. The third-order valence-electron chi connectivity index (χ3n) is 3.18. The van der Waals surface area contributed by atoms with Crippen LogP contribution < -0.4 is 0 Å². The van der Waals surface area contributed by atoms with Crippen molar-refractivity contribution >= 4 is 22.6 Å². The maximum Gasteiger partial charge on any atom is 0.0220 e. The lowest BCUT2D eigenvalue weighted by molar-refractivity contribution is 0.166. The van der Waals surface area contributed by atoms with E-state index in [1.165, 1.54) is 19.3 Å². The highest BCUT2D eigenvalue weighted by atomic mass is 127. The van der Waals surface area contributed by atoms with Crippen LogP contribution in [0.4, 0.5) is 0 Å². The van der Waals surface area contributed by atoms with Crippen LogP contribution in [0.25, 0.3) is 0 Å². The fourth-order valence-electron chi connectivity index (χ4n) is 1.97. The van der Waals surface area contributed by atoms with E-state index in [1.807, 2.05) is 0 Å². The molecule has 0 aromatic heterocycles. The Kier molecular flexibility index (Phi) is 2.58. The predicted molar refractivity (Wildman–Crippen MR) is 59.2 cm³/mol. The molecule has 1 aliphatic rings. The molecule has 0 spiro atoms. The number of halogens is 1. The van der Waals surface area contributed by atoms with Crippen LogP contribution in [0.1, 0.15) is 47.0 Å². The van der Waals surface area contributed by atoms with Gasteiger partial charge in [0.25, 0.3) is 0 Å². The third kappa shape index (κ3) is 2.33. The standard InChI is InChI=1S/C10H19I/c1-8-7-9(2,3)5-6-10(8,4)11/h8H,5-7H2,1-4H3. The minimum atomic E-state index is 0.563. The number of rotatable bonds is 0. The molecule has 0 aliphatic heterocycles. The summed E-state index contributed by atoms with van der Waals surface area (Å²) in [6, 6.07) is 0. The predicted octanol–water partition coefficient (Wildman–Crippen LogP) is 4.03. The smallest absolute Gasteiger partial charge is 0.0220 e. The number of hydrogen-bond acceptors (Lipinski definition) is 0.